The van der Waals surface area contributed by atoms with Gasteiger partial charge in [0.1, 0.15) is 0 Å². The van der Waals surface area contributed by atoms with Crippen LogP contribution in [0.2, 0.25) is 0 Å². The molecule has 0 aliphatic rings. The molecule has 2 aromatic carbocycles. The molecule has 0 aliphatic carbocycles. The Hall–Kier alpha value is -2.49. The van der Waals surface area contributed by atoms with E-state index in [1.165, 1.54) is 0 Å². The summed E-state index contributed by atoms with van der Waals surface area (Å²) in [5.74, 6) is 1.95. The SMILES string of the molecule is CCNC(=NCc1ccc(C(=O)N(C)C)cc1)Nc1ccc(OC)c(OC)c1.I. The molecule has 0 spiro atoms. The average Bonchev–Trinajstić information content (AvgIpc) is 2.71. The van der Waals surface area contributed by atoms with Crippen LogP contribution in [0.4, 0.5) is 5.69 Å². The lowest BCUT2D eigenvalue weighted by atomic mass is 10.1. The van der Waals surface area contributed by atoms with E-state index < -0.39 is 0 Å². The molecule has 2 rings (SSSR count). The summed E-state index contributed by atoms with van der Waals surface area (Å²) in [6.07, 6.45) is 0. The van der Waals surface area contributed by atoms with E-state index in [2.05, 4.69) is 15.6 Å². The van der Waals surface area contributed by atoms with Crippen molar-refractivity contribution in [2.45, 2.75) is 13.5 Å². The number of guanidine groups is 1. The number of ether oxygens (including phenoxy) is 2. The molecule has 0 saturated heterocycles. The number of methoxy groups -OCH3 is 2. The van der Waals surface area contributed by atoms with E-state index in [0.29, 0.717) is 29.6 Å². The Morgan fingerprint density at radius 2 is 1.69 bits per heavy atom. The third-order valence-electron chi connectivity index (χ3n) is 4.02. The summed E-state index contributed by atoms with van der Waals surface area (Å²) in [4.78, 5) is 18.1. The zero-order valence-corrected chi connectivity index (χ0v) is 19.8. The number of hydrogen-bond acceptors (Lipinski definition) is 4. The van der Waals surface area contributed by atoms with Gasteiger partial charge in [0.05, 0.1) is 20.8 Å². The number of benzene rings is 2. The molecule has 0 radical (unpaired) electrons. The molecule has 7 nitrogen and oxygen atoms in total. The summed E-state index contributed by atoms with van der Waals surface area (Å²) < 4.78 is 10.6. The summed E-state index contributed by atoms with van der Waals surface area (Å²) >= 11 is 0. The van der Waals surface area contributed by atoms with Gasteiger partial charge < -0.3 is 25.0 Å². The number of nitrogens with one attached hydrogen (secondary N) is 2. The number of anilines is 1. The largest absolute Gasteiger partial charge is 0.493 e. The molecule has 1 amide bonds. The molecular formula is C21H29IN4O3. The topological polar surface area (TPSA) is 75.2 Å². The lowest BCUT2D eigenvalue weighted by Gasteiger charge is -2.14. The van der Waals surface area contributed by atoms with Gasteiger partial charge in [-0.3, -0.25) is 4.79 Å². The van der Waals surface area contributed by atoms with Gasteiger partial charge in [-0.15, -0.1) is 24.0 Å². The van der Waals surface area contributed by atoms with Crippen molar-refractivity contribution in [3.63, 3.8) is 0 Å². The van der Waals surface area contributed by atoms with Crippen LogP contribution in [-0.2, 0) is 6.54 Å². The summed E-state index contributed by atoms with van der Waals surface area (Å²) in [5, 5.41) is 6.48. The second-order valence-corrected chi connectivity index (χ2v) is 6.29. The van der Waals surface area contributed by atoms with E-state index in [0.717, 1.165) is 17.8 Å². The number of amides is 1. The third-order valence-corrected chi connectivity index (χ3v) is 4.02. The van der Waals surface area contributed by atoms with Crippen molar-refractivity contribution in [1.82, 2.24) is 10.2 Å². The Bertz CT molecular complexity index is 823. The van der Waals surface area contributed by atoms with Crippen molar-refractivity contribution in [2.75, 3.05) is 40.2 Å². The number of halogens is 1. The van der Waals surface area contributed by atoms with Crippen LogP contribution in [0.1, 0.15) is 22.8 Å². The number of carbonyl (C=O) groups is 1. The minimum absolute atomic E-state index is 0. The standard InChI is InChI=1S/C21H28N4O3.HI/c1-6-22-21(24-17-11-12-18(27-4)19(13-17)28-5)23-14-15-7-9-16(10-8-15)20(26)25(2)3;/h7-13H,6,14H2,1-5H3,(H2,22,23,24);1H. The molecule has 29 heavy (non-hydrogen) atoms. The smallest absolute Gasteiger partial charge is 0.253 e. The molecule has 8 heteroatoms. The maximum atomic E-state index is 12.0. The Morgan fingerprint density at radius 3 is 2.24 bits per heavy atom. The molecule has 158 valence electrons. The molecule has 0 atom stereocenters. The van der Waals surface area contributed by atoms with Crippen molar-refractivity contribution in [3.05, 3.63) is 53.6 Å². The molecule has 0 unspecified atom stereocenters. The summed E-state index contributed by atoms with van der Waals surface area (Å²) in [6, 6.07) is 13.1. The fourth-order valence-electron chi connectivity index (χ4n) is 2.54. The van der Waals surface area contributed by atoms with Gasteiger partial charge in [0, 0.05) is 38.0 Å². The Balaban J connectivity index is 0.00000420. The monoisotopic (exact) mass is 512 g/mol. The highest BCUT2D eigenvalue weighted by Crippen LogP contribution is 2.29. The molecule has 2 N–H and O–H groups in total. The molecule has 0 aliphatic heterocycles. The predicted molar refractivity (Wildman–Crippen MR) is 128 cm³/mol. The van der Waals surface area contributed by atoms with Crippen LogP contribution in [0.15, 0.2) is 47.5 Å². The number of rotatable bonds is 7. The third kappa shape index (κ3) is 7.12. The van der Waals surface area contributed by atoms with Gasteiger partial charge >= 0.3 is 0 Å². The molecule has 0 aromatic heterocycles. The van der Waals surface area contributed by atoms with Gasteiger partial charge in [-0.25, -0.2) is 4.99 Å². The van der Waals surface area contributed by atoms with Gasteiger partial charge in [0.2, 0.25) is 0 Å². The van der Waals surface area contributed by atoms with Gasteiger partial charge in [0.15, 0.2) is 17.5 Å². The zero-order chi connectivity index (χ0) is 20.5. The first-order chi connectivity index (χ1) is 13.5. The number of hydrogen-bond donors (Lipinski definition) is 2. The van der Waals surface area contributed by atoms with Crippen LogP contribution in [-0.4, -0.2) is 51.6 Å². The molecule has 2 aromatic rings. The highest BCUT2D eigenvalue weighted by molar-refractivity contribution is 14.0. The first-order valence-electron chi connectivity index (χ1n) is 9.06. The molecule has 0 fully saturated rings. The highest BCUT2D eigenvalue weighted by atomic mass is 127. The van der Waals surface area contributed by atoms with E-state index >= 15 is 0 Å². The maximum Gasteiger partial charge on any atom is 0.253 e. The maximum absolute atomic E-state index is 12.0. The number of aliphatic imine (C=N–C) groups is 1. The van der Waals surface area contributed by atoms with Crippen molar-refractivity contribution in [1.29, 1.82) is 0 Å². The minimum atomic E-state index is -0.0153. The second kappa shape index (κ2) is 12.2. The van der Waals surface area contributed by atoms with Gasteiger partial charge in [-0.1, -0.05) is 12.1 Å². The Morgan fingerprint density at radius 1 is 1.03 bits per heavy atom. The van der Waals surface area contributed by atoms with Crippen molar-refractivity contribution in [2.24, 2.45) is 4.99 Å². The quantitative estimate of drug-likeness (QED) is 0.337. The summed E-state index contributed by atoms with van der Waals surface area (Å²) in [5.41, 5.74) is 2.51. The molecular weight excluding hydrogens is 483 g/mol. The molecule has 0 bridgehead atoms. The fraction of sp³-hybridized carbons (Fsp3) is 0.333. The summed E-state index contributed by atoms with van der Waals surface area (Å²) in [7, 11) is 6.69. The Labute approximate surface area is 189 Å². The first kappa shape index (κ1) is 24.5. The Kier molecular flexibility index (Phi) is 10.3. The summed E-state index contributed by atoms with van der Waals surface area (Å²) in [6.45, 7) is 3.22. The van der Waals surface area contributed by atoms with E-state index in [9.17, 15) is 4.79 Å². The van der Waals surface area contributed by atoms with Crippen molar-refractivity contribution in [3.8, 4) is 11.5 Å². The van der Waals surface area contributed by atoms with E-state index in [1.807, 2.05) is 49.4 Å². The van der Waals surface area contributed by atoms with Crippen molar-refractivity contribution >= 4 is 41.5 Å². The van der Waals surface area contributed by atoms with E-state index in [-0.39, 0.29) is 29.9 Å². The lowest BCUT2D eigenvalue weighted by Crippen LogP contribution is -2.30. The lowest BCUT2D eigenvalue weighted by molar-refractivity contribution is 0.0827. The van der Waals surface area contributed by atoms with Crippen LogP contribution in [0.25, 0.3) is 0 Å². The van der Waals surface area contributed by atoms with Gasteiger partial charge in [0.25, 0.3) is 5.91 Å². The van der Waals surface area contributed by atoms with Gasteiger partial charge in [-0.05, 0) is 36.8 Å². The van der Waals surface area contributed by atoms with E-state index in [4.69, 9.17) is 9.47 Å². The normalized spacial score (nSPS) is 10.6. The number of nitrogens with zero attached hydrogens (tertiary/aromatic N) is 2. The zero-order valence-electron chi connectivity index (χ0n) is 17.5. The van der Waals surface area contributed by atoms with Crippen LogP contribution in [0.3, 0.4) is 0 Å². The van der Waals surface area contributed by atoms with Gasteiger partial charge in [-0.2, -0.15) is 0 Å². The second-order valence-electron chi connectivity index (χ2n) is 6.29. The highest BCUT2D eigenvalue weighted by Gasteiger charge is 2.08. The van der Waals surface area contributed by atoms with Crippen LogP contribution in [0.5, 0.6) is 11.5 Å². The fourth-order valence-corrected chi connectivity index (χ4v) is 2.54. The average molecular weight is 512 g/mol. The van der Waals surface area contributed by atoms with Crippen LogP contribution < -0.4 is 20.1 Å². The molecule has 0 saturated carbocycles. The number of carbonyl (C=O) groups excluding carboxylic acids is 1. The molecule has 0 heterocycles. The minimum Gasteiger partial charge on any atom is -0.493 e. The first-order valence-corrected chi connectivity index (χ1v) is 9.06. The predicted octanol–water partition coefficient (Wildman–Crippen LogP) is 3.60. The van der Waals surface area contributed by atoms with Crippen LogP contribution in [0, 0.1) is 0 Å². The van der Waals surface area contributed by atoms with E-state index in [1.54, 1.807) is 33.2 Å². The van der Waals surface area contributed by atoms with Crippen LogP contribution >= 0.6 is 24.0 Å². The van der Waals surface area contributed by atoms with Crippen molar-refractivity contribution < 1.29 is 14.3 Å².